The first-order valence-electron chi connectivity index (χ1n) is 24.6. The van der Waals surface area contributed by atoms with Gasteiger partial charge < -0.3 is 25.5 Å². The average Bonchev–Trinajstić information content (AvgIpc) is 3.77. The van der Waals surface area contributed by atoms with E-state index in [0.717, 1.165) is 56.0 Å². The van der Waals surface area contributed by atoms with Gasteiger partial charge in [0, 0.05) is 74.9 Å². The lowest BCUT2D eigenvalue weighted by Crippen LogP contribution is -2.78. The van der Waals surface area contributed by atoms with E-state index in [9.17, 15) is 42.3 Å². The van der Waals surface area contributed by atoms with Crippen molar-refractivity contribution in [2.75, 3.05) is 56.0 Å². The summed E-state index contributed by atoms with van der Waals surface area (Å²) < 4.78 is 46.5. The third-order valence-electron chi connectivity index (χ3n) is 16.9. The molecule has 69 heavy (non-hydrogen) atoms. The molecule has 21 heteroatoms. The second-order valence-electron chi connectivity index (χ2n) is 21.3. The minimum absolute atomic E-state index is 0.000281. The van der Waals surface area contributed by atoms with Crippen molar-refractivity contribution in [1.29, 1.82) is 0 Å². The van der Waals surface area contributed by atoms with Gasteiger partial charge in [-0.25, -0.2) is 22.1 Å². The van der Waals surface area contributed by atoms with Crippen LogP contribution in [0, 0.1) is 17.2 Å². The molecular weight excluding hydrogens is 912 g/mol. The van der Waals surface area contributed by atoms with Crippen molar-refractivity contribution >= 4 is 62.2 Å². The molecule has 1 aromatic carbocycles. The molecule has 4 saturated heterocycles. The molecule has 5 aliphatic heterocycles. The Hall–Kier alpha value is -5.38. The summed E-state index contributed by atoms with van der Waals surface area (Å²) >= 11 is 0. The fraction of sp³-hybridized carbons (Fsp3) is 0.625. The summed E-state index contributed by atoms with van der Waals surface area (Å²) in [7, 11) is -3.58. The molecule has 4 saturated carbocycles. The van der Waals surface area contributed by atoms with Gasteiger partial charge in [0.15, 0.2) is 0 Å². The SMILES string of the molecule is C[C@@]1(O)CCC[C@H]1n1c(=O)ccc2cnc(NC3CCN(S(=O)(=O)C4CCN(C(=O)C56CC(NCC7CCN(c8cc9c(cc8F)C(=O)N(C8CCC(=O)NC8=O)C9=O)CC7)(C5)C6)CC4)CC3)nc21. The first-order valence-corrected chi connectivity index (χ1v) is 26.2. The molecule has 3 atom stereocenters. The number of carbonyl (C=O) groups is 5. The number of aromatic nitrogens is 3. The van der Waals surface area contributed by atoms with Crippen LogP contribution in [0.4, 0.5) is 16.0 Å². The highest BCUT2D eigenvalue weighted by molar-refractivity contribution is 7.89. The monoisotopic (exact) mass is 970 g/mol. The summed E-state index contributed by atoms with van der Waals surface area (Å²) in [6.45, 7) is 5.17. The lowest BCUT2D eigenvalue weighted by atomic mass is 9.39. The molecule has 8 fully saturated rings. The normalized spacial score (nSPS) is 30.4. The Morgan fingerprint density at radius 3 is 2.26 bits per heavy atom. The van der Waals surface area contributed by atoms with Gasteiger partial charge in [-0.1, -0.05) is 0 Å². The third kappa shape index (κ3) is 7.90. The largest absolute Gasteiger partial charge is 0.388 e. The van der Waals surface area contributed by atoms with E-state index in [-0.39, 0.29) is 58.7 Å². The summed E-state index contributed by atoms with van der Waals surface area (Å²) in [5.74, 6) is -2.39. The van der Waals surface area contributed by atoms with Crippen molar-refractivity contribution in [2.24, 2.45) is 11.3 Å². The van der Waals surface area contributed by atoms with Gasteiger partial charge in [0.05, 0.1) is 39.1 Å². The lowest BCUT2D eigenvalue weighted by molar-refractivity contribution is -0.193. The lowest BCUT2D eigenvalue weighted by Gasteiger charge is -2.70. The van der Waals surface area contributed by atoms with Gasteiger partial charge in [-0.05, 0) is 121 Å². The first-order chi connectivity index (χ1) is 32.9. The van der Waals surface area contributed by atoms with E-state index in [2.05, 4.69) is 20.9 Å². The predicted octanol–water partition coefficient (Wildman–Crippen LogP) is 2.43. The minimum Gasteiger partial charge on any atom is -0.388 e. The fourth-order valence-electron chi connectivity index (χ4n) is 12.9. The fourth-order valence-corrected chi connectivity index (χ4v) is 14.9. The number of nitrogens with zero attached hydrogens (tertiary/aromatic N) is 7. The number of anilines is 2. The van der Waals surface area contributed by atoms with Crippen LogP contribution in [0.5, 0.6) is 0 Å². The number of benzene rings is 1. The number of aliphatic hydroxyl groups is 1. The number of fused-ring (bicyclic) bond motifs is 2. The summed E-state index contributed by atoms with van der Waals surface area (Å²) in [6, 6.07) is 4.09. The van der Waals surface area contributed by atoms with Crippen LogP contribution >= 0.6 is 0 Å². The van der Waals surface area contributed by atoms with Crippen LogP contribution in [0.2, 0.25) is 0 Å². The molecule has 4 N–H and O–H groups in total. The Morgan fingerprint density at radius 2 is 1.59 bits per heavy atom. The number of piperidine rings is 4. The number of likely N-dealkylation sites (tertiary alicyclic amines) is 1. The zero-order valence-corrected chi connectivity index (χ0v) is 39.6. The molecule has 368 valence electrons. The standard InChI is InChI=1S/C48H59FN10O9S/c1-46(66)14-2-3-37(46)59-39(61)7-4-29-24-50-45(54-40(29)59)52-30-10-19-57(20-11-30)69(67,68)31-12-17-56(18-13-31)44(65)47-25-48(26-47,27-47)51-23-28-8-15-55(16-9-28)36-22-33-32(21-34(36)49)42(63)58(43(33)64)35-5-6-38(60)53-41(35)62/h4,7,21-22,24,28,30-31,35,37,51,66H,2-3,5-6,8-20,23,25-27H2,1H3,(H,50,52,54)(H,53,60,62)/t35?,37-,46-,47?,48?/m1/s1. The zero-order valence-electron chi connectivity index (χ0n) is 38.8. The number of hydrogen-bond acceptors (Lipinski definition) is 14. The van der Waals surface area contributed by atoms with Crippen molar-refractivity contribution in [1.82, 2.24) is 39.3 Å². The van der Waals surface area contributed by atoms with Crippen molar-refractivity contribution in [3.8, 4) is 0 Å². The number of sulfonamides is 1. The Labute approximate surface area is 398 Å². The molecule has 2 aromatic heterocycles. The van der Waals surface area contributed by atoms with E-state index in [1.807, 2.05) is 9.80 Å². The Balaban J connectivity index is 0.618. The highest BCUT2D eigenvalue weighted by Gasteiger charge is 2.72. The van der Waals surface area contributed by atoms with Crippen LogP contribution in [0.3, 0.4) is 0 Å². The van der Waals surface area contributed by atoms with E-state index in [1.165, 1.54) is 12.1 Å². The van der Waals surface area contributed by atoms with Crippen LogP contribution in [-0.2, 0) is 24.4 Å². The Morgan fingerprint density at radius 1 is 0.899 bits per heavy atom. The summed E-state index contributed by atoms with van der Waals surface area (Å²) in [6.07, 6.45) is 9.54. The van der Waals surface area contributed by atoms with Crippen LogP contribution in [-0.4, -0.2) is 146 Å². The quantitative estimate of drug-likeness (QED) is 0.202. The third-order valence-corrected chi connectivity index (χ3v) is 19.3. The number of amides is 5. The zero-order chi connectivity index (χ0) is 48.2. The molecule has 12 rings (SSSR count). The number of carbonyl (C=O) groups excluding carboxylic acids is 5. The van der Waals surface area contributed by atoms with E-state index in [4.69, 9.17) is 4.98 Å². The highest BCUT2D eigenvalue weighted by atomic mass is 32.2. The topological polar surface area (TPSA) is 237 Å². The average molecular weight is 971 g/mol. The van der Waals surface area contributed by atoms with E-state index in [0.29, 0.717) is 101 Å². The molecule has 7 heterocycles. The summed E-state index contributed by atoms with van der Waals surface area (Å²) in [5.41, 5.74) is -1.04. The van der Waals surface area contributed by atoms with E-state index >= 15 is 4.39 Å². The molecule has 2 bridgehead atoms. The number of nitrogens with one attached hydrogen (secondary N) is 3. The molecule has 4 aliphatic carbocycles. The maximum Gasteiger partial charge on any atom is 0.262 e. The maximum atomic E-state index is 15.5. The van der Waals surface area contributed by atoms with Crippen molar-refractivity contribution in [3.63, 3.8) is 0 Å². The van der Waals surface area contributed by atoms with Gasteiger partial charge in [0.2, 0.25) is 33.7 Å². The van der Waals surface area contributed by atoms with Gasteiger partial charge in [0.1, 0.15) is 17.5 Å². The van der Waals surface area contributed by atoms with Crippen molar-refractivity contribution < 1.29 is 41.9 Å². The Bertz CT molecular complexity index is 2810. The number of pyridine rings is 1. The molecule has 0 spiro atoms. The molecule has 1 unspecified atom stereocenters. The molecule has 0 radical (unpaired) electrons. The van der Waals surface area contributed by atoms with Gasteiger partial charge in [0.25, 0.3) is 17.4 Å². The molecular formula is C48H59FN10O9S. The number of imide groups is 2. The number of hydrogen-bond donors (Lipinski definition) is 4. The molecule has 5 amide bonds. The predicted molar refractivity (Wildman–Crippen MR) is 249 cm³/mol. The van der Waals surface area contributed by atoms with Crippen LogP contribution in [0.25, 0.3) is 11.0 Å². The highest BCUT2D eigenvalue weighted by Crippen LogP contribution is 2.68. The van der Waals surface area contributed by atoms with Gasteiger partial charge in [-0.2, -0.15) is 4.98 Å². The minimum atomic E-state index is -3.58. The second-order valence-corrected chi connectivity index (χ2v) is 23.5. The van der Waals surface area contributed by atoms with Gasteiger partial charge in [-0.3, -0.25) is 43.6 Å². The second kappa shape index (κ2) is 16.9. The molecule has 3 aromatic rings. The number of rotatable bonds is 11. The van der Waals surface area contributed by atoms with Crippen molar-refractivity contribution in [2.45, 2.75) is 131 Å². The summed E-state index contributed by atoms with van der Waals surface area (Å²) in [4.78, 5) is 91.3. The number of halogens is 1. The summed E-state index contributed by atoms with van der Waals surface area (Å²) in [5, 5.41) is 20.5. The van der Waals surface area contributed by atoms with Gasteiger partial charge >= 0.3 is 0 Å². The van der Waals surface area contributed by atoms with E-state index < -0.39 is 61.8 Å². The van der Waals surface area contributed by atoms with Crippen molar-refractivity contribution in [3.05, 3.63) is 57.8 Å². The van der Waals surface area contributed by atoms with Crippen LogP contribution < -0.4 is 26.4 Å². The van der Waals surface area contributed by atoms with E-state index in [1.54, 1.807) is 28.1 Å². The maximum absolute atomic E-state index is 15.5. The first kappa shape index (κ1) is 46.0. The van der Waals surface area contributed by atoms with Crippen LogP contribution in [0.1, 0.15) is 124 Å². The van der Waals surface area contributed by atoms with Gasteiger partial charge in [-0.15, -0.1) is 0 Å². The smallest absolute Gasteiger partial charge is 0.262 e. The molecule has 9 aliphatic rings. The Kier molecular flexibility index (Phi) is 11.3. The molecule has 19 nitrogen and oxygen atoms in total. The van der Waals surface area contributed by atoms with Crippen LogP contribution in [0.15, 0.2) is 35.3 Å².